The molecule has 0 aliphatic carbocycles. The van der Waals surface area contributed by atoms with Gasteiger partial charge in [-0.1, -0.05) is 18.2 Å². The van der Waals surface area contributed by atoms with Gasteiger partial charge in [0.2, 0.25) is 11.8 Å². The van der Waals surface area contributed by atoms with E-state index in [4.69, 9.17) is 4.74 Å². The molecule has 2 aromatic carbocycles. The third-order valence-corrected chi connectivity index (χ3v) is 5.61. The van der Waals surface area contributed by atoms with E-state index in [0.29, 0.717) is 50.5 Å². The van der Waals surface area contributed by atoms with Gasteiger partial charge in [0.15, 0.2) is 5.82 Å². The van der Waals surface area contributed by atoms with Gasteiger partial charge in [0.05, 0.1) is 13.0 Å². The van der Waals surface area contributed by atoms with E-state index in [-0.39, 0.29) is 23.4 Å². The minimum Gasteiger partial charge on any atom is -0.493 e. The number of amides is 2. The van der Waals surface area contributed by atoms with Gasteiger partial charge >= 0.3 is 0 Å². The van der Waals surface area contributed by atoms with E-state index < -0.39 is 5.82 Å². The standard InChI is InChI=1S/C23H25FN6O3/c1-16-26-27-28-30(16)21-15-18(7-8-20(21)24)25-23(32)17-9-12-29(13-10-17)22(31)11-14-33-19-5-3-2-4-6-19/h2-8,15,17H,9-14H2,1H3,(H,25,32). The van der Waals surface area contributed by atoms with E-state index >= 15 is 0 Å². The average Bonchev–Trinajstić information content (AvgIpc) is 3.26. The monoisotopic (exact) mass is 452 g/mol. The summed E-state index contributed by atoms with van der Waals surface area (Å²) in [4.78, 5) is 27.0. The maximum Gasteiger partial charge on any atom is 0.227 e. The van der Waals surface area contributed by atoms with Gasteiger partial charge in [-0.3, -0.25) is 9.59 Å². The zero-order valence-corrected chi connectivity index (χ0v) is 18.3. The summed E-state index contributed by atoms with van der Waals surface area (Å²) in [5.74, 6) is 0.318. The molecule has 3 aromatic rings. The zero-order chi connectivity index (χ0) is 23.2. The Morgan fingerprint density at radius 1 is 1.15 bits per heavy atom. The molecular formula is C23H25FN6O3. The van der Waals surface area contributed by atoms with Crippen LogP contribution < -0.4 is 10.1 Å². The van der Waals surface area contributed by atoms with Crippen molar-refractivity contribution in [1.29, 1.82) is 0 Å². The van der Waals surface area contributed by atoms with Gasteiger partial charge in [0.25, 0.3) is 0 Å². The van der Waals surface area contributed by atoms with Crippen LogP contribution in [0.3, 0.4) is 0 Å². The van der Waals surface area contributed by atoms with Gasteiger partial charge in [-0.2, -0.15) is 4.68 Å². The lowest BCUT2D eigenvalue weighted by Crippen LogP contribution is -2.41. The molecule has 1 N–H and O–H groups in total. The van der Waals surface area contributed by atoms with Crippen LogP contribution in [0.5, 0.6) is 5.75 Å². The largest absolute Gasteiger partial charge is 0.493 e. The Morgan fingerprint density at radius 2 is 1.91 bits per heavy atom. The van der Waals surface area contributed by atoms with Crippen molar-refractivity contribution < 1.29 is 18.7 Å². The predicted octanol–water partition coefficient (Wildman–Crippen LogP) is 2.76. The average molecular weight is 452 g/mol. The molecule has 1 aliphatic heterocycles. The number of hydrogen-bond acceptors (Lipinski definition) is 6. The number of benzene rings is 2. The smallest absolute Gasteiger partial charge is 0.227 e. The number of para-hydroxylation sites is 1. The quantitative estimate of drug-likeness (QED) is 0.591. The number of likely N-dealkylation sites (tertiary alicyclic amines) is 1. The summed E-state index contributed by atoms with van der Waals surface area (Å²) >= 11 is 0. The van der Waals surface area contributed by atoms with E-state index in [0.717, 1.165) is 5.75 Å². The molecular weight excluding hydrogens is 427 g/mol. The number of rotatable bonds is 7. The summed E-state index contributed by atoms with van der Waals surface area (Å²) in [5, 5.41) is 13.9. The molecule has 1 fully saturated rings. The first kappa shape index (κ1) is 22.4. The zero-order valence-electron chi connectivity index (χ0n) is 18.3. The number of carbonyl (C=O) groups excluding carboxylic acids is 2. The van der Waals surface area contributed by atoms with Crippen LogP contribution in [0.1, 0.15) is 25.1 Å². The highest BCUT2D eigenvalue weighted by Crippen LogP contribution is 2.23. The van der Waals surface area contributed by atoms with Crippen molar-refractivity contribution >= 4 is 17.5 Å². The lowest BCUT2D eigenvalue weighted by molar-refractivity contribution is -0.135. The minimum absolute atomic E-state index is 0.0183. The molecule has 0 saturated carbocycles. The third-order valence-electron chi connectivity index (χ3n) is 5.61. The fourth-order valence-electron chi connectivity index (χ4n) is 3.77. The van der Waals surface area contributed by atoms with Gasteiger partial charge in [-0.05, 0) is 60.5 Å². The van der Waals surface area contributed by atoms with E-state index in [1.54, 1.807) is 11.8 Å². The Kier molecular flexibility index (Phi) is 6.92. The fourth-order valence-corrected chi connectivity index (χ4v) is 3.77. The Balaban J connectivity index is 1.26. The first-order valence-electron chi connectivity index (χ1n) is 10.8. The lowest BCUT2D eigenvalue weighted by Gasteiger charge is -2.31. The molecule has 0 radical (unpaired) electrons. The Bertz CT molecular complexity index is 1110. The van der Waals surface area contributed by atoms with Crippen molar-refractivity contribution in [1.82, 2.24) is 25.1 Å². The number of carbonyl (C=O) groups is 2. The number of halogens is 1. The van der Waals surface area contributed by atoms with Gasteiger partial charge in [-0.25, -0.2) is 4.39 Å². The molecule has 0 bridgehead atoms. The van der Waals surface area contributed by atoms with Gasteiger partial charge in [-0.15, -0.1) is 5.10 Å². The highest BCUT2D eigenvalue weighted by Gasteiger charge is 2.27. The molecule has 0 spiro atoms. The third kappa shape index (κ3) is 5.51. The van der Waals surface area contributed by atoms with Crippen LogP contribution in [0, 0.1) is 18.7 Å². The predicted molar refractivity (Wildman–Crippen MR) is 118 cm³/mol. The topological polar surface area (TPSA) is 102 Å². The molecule has 2 amide bonds. The molecule has 4 rings (SSSR count). The molecule has 2 heterocycles. The van der Waals surface area contributed by atoms with E-state index in [1.807, 2.05) is 30.3 Å². The van der Waals surface area contributed by atoms with Crippen molar-refractivity contribution in [3.63, 3.8) is 0 Å². The molecule has 10 heteroatoms. The Hall–Kier alpha value is -3.82. The van der Waals surface area contributed by atoms with Crippen LogP contribution in [-0.2, 0) is 9.59 Å². The number of aryl methyl sites for hydroxylation is 1. The Labute approximate surface area is 190 Å². The first-order valence-corrected chi connectivity index (χ1v) is 10.8. The number of piperidine rings is 1. The molecule has 9 nitrogen and oxygen atoms in total. The Morgan fingerprint density at radius 3 is 2.61 bits per heavy atom. The normalized spacial score (nSPS) is 14.2. The summed E-state index contributed by atoms with van der Waals surface area (Å²) in [6.45, 7) is 3.01. The van der Waals surface area contributed by atoms with Crippen LogP contribution >= 0.6 is 0 Å². The van der Waals surface area contributed by atoms with Crippen LogP contribution in [0.25, 0.3) is 5.69 Å². The molecule has 0 unspecified atom stereocenters. The van der Waals surface area contributed by atoms with E-state index in [2.05, 4.69) is 20.8 Å². The fraction of sp³-hybridized carbons (Fsp3) is 0.348. The van der Waals surface area contributed by atoms with Gasteiger partial charge in [0.1, 0.15) is 17.3 Å². The number of ether oxygens (including phenoxy) is 1. The maximum absolute atomic E-state index is 14.2. The van der Waals surface area contributed by atoms with Crippen molar-refractivity contribution in [2.24, 2.45) is 5.92 Å². The molecule has 172 valence electrons. The molecule has 0 atom stereocenters. The van der Waals surface area contributed by atoms with Crippen LogP contribution in [-0.4, -0.2) is 56.6 Å². The lowest BCUT2D eigenvalue weighted by atomic mass is 9.95. The second kappa shape index (κ2) is 10.2. The van der Waals surface area contributed by atoms with Crippen molar-refractivity contribution in [3.05, 3.63) is 60.2 Å². The summed E-state index contributed by atoms with van der Waals surface area (Å²) < 4.78 is 21.1. The highest BCUT2D eigenvalue weighted by molar-refractivity contribution is 5.93. The molecule has 1 saturated heterocycles. The first-order chi connectivity index (χ1) is 16.0. The van der Waals surface area contributed by atoms with Crippen LogP contribution in [0.2, 0.25) is 0 Å². The van der Waals surface area contributed by atoms with Gasteiger partial charge < -0.3 is 15.0 Å². The maximum atomic E-state index is 14.2. The summed E-state index contributed by atoms with van der Waals surface area (Å²) in [6, 6.07) is 13.6. The second-order valence-corrected chi connectivity index (χ2v) is 7.86. The van der Waals surface area contributed by atoms with Crippen LogP contribution in [0.4, 0.5) is 10.1 Å². The summed E-state index contributed by atoms with van der Waals surface area (Å²) in [5.41, 5.74) is 0.622. The molecule has 33 heavy (non-hydrogen) atoms. The SMILES string of the molecule is Cc1nnnn1-c1cc(NC(=O)C2CCN(C(=O)CCOc3ccccc3)CC2)ccc1F. The van der Waals surface area contributed by atoms with Crippen molar-refractivity contribution in [3.8, 4) is 11.4 Å². The number of aromatic nitrogens is 4. The number of nitrogens with zero attached hydrogens (tertiary/aromatic N) is 5. The van der Waals surface area contributed by atoms with Crippen LogP contribution in [0.15, 0.2) is 48.5 Å². The van der Waals surface area contributed by atoms with Gasteiger partial charge in [0, 0.05) is 24.7 Å². The summed E-state index contributed by atoms with van der Waals surface area (Å²) in [6.07, 6.45) is 1.43. The second-order valence-electron chi connectivity index (χ2n) is 7.86. The van der Waals surface area contributed by atoms with E-state index in [9.17, 15) is 14.0 Å². The number of hydrogen-bond donors (Lipinski definition) is 1. The molecule has 1 aromatic heterocycles. The van der Waals surface area contributed by atoms with Crippen molar-refractivity contribution in [2.45, 2.75) is 26.2 Å². The highest BCUT2D eigenvalue weighted by atomic mass is 19.1. The van der Waals surface area contributed by atoms with E-state index in [1.165, 1.54) is 22.9 Å². The minimum atomic E-state index is -0.494. The number of tetrazole rings is 1. The number of anilines is 1. The van der Waals surface area contributed by atoms with Crippen molar-refractivity contribution in [2.75, 3.05) is 25.0 Å². The molecule has 1 aliphatic rings. The number of nitrogens with one attached hydrogen (secondary N) is 1. The summed E-state index contributed by atoms with van der Waals surface area (Å²) in [7, 11) is 0.